The number of rotatable bonds is 1. The monoisotopic (exact) mass is 544 g/mol. The SMILES string of the molecule is CN1CC(=O)NCC(=O)NCCCc2ccc(F)cc2OCCNC(C2CCC2)C1=O.Cc1ccc(F)cc1. The van der Waals surface area contributed by atoms with Crippen LogP contribution in [0.1, 0.15) is 36.8 Å². The molecule has 1 unspecified atom stereocenters. The number of fused-ring (bicyclic) bond motifs is 1. The molecule has 3 N–H and O–H groups in total. The molecule has 2 aliphatic rings. The van der Waals surface area contributed by atoms with E-state index in [1.807, 2.05) is 6.92 Å². The number of hydrogen-bond donors (Lipinski definition) is 3. The van der Waals surface area contributed by atoms with Gasteiger partial charge in [0.1, 0.15) is 24.0 Å². The van der Waals surface area contributed by atoms with Gasteiger partial charge in [-0.1, -0.05) is 30.2 Å². The van der Waals surface area contributed by atoms with E-state index in [0.29, 0.717) is 31.7 Å². The van der Waals surface area contributed by atoms with E-state index in [1.165, 1.54) is 29.2 Å². The second kappa shape index (κ2) is 15.2. The largest absolute Gasteiger partial charge is 0.492 e. The fourth-order valence-electron chi connectivity index (χ4n) is 4.34. The first kappa shape index (κ1) is 30.0. The second-order valence-electron chi connectivity index (χ2n) is 9.94. The molecule has 1 fully saturated rings. The van der Waals surface area contributed by atoms with Crippen molar-refractivity contribution in [2.75, 3.05) is 39.8 Å². The van der Waals surface area contributed by atoms with Gasteiger partial charge in [-0.25, -0.2) is 8.78 Å². The third-order valence-electron chi connectivity index (χ3n) is 6.80. The van der Waals surface area contributed by atoms with E-state index in [9.17, 15) is 23.2 Å². The molecule has 4 rings (SSSR count). The Labute approximate surface area is 228 Å². The average Bonchev–Trinajstić information content (AvgIpc) is 2.88. The van der Waals surface area contributed by atoms with Crippen molar-refractivity contribution in [2.45, 2.75) is 45.1 Å². The molecule has 1 saturated carbocycles. The van der Waals surface area contributed by atoms with Gasteiger partial charge >= 0.3 is 0 Å². The first-order valence-electron chi connectivity index (χ1n) is 13.4. The summed E-state index contributed by atoms with van der Waals surface area (Å²) in [6, 6.07) is 10.4. The van der Waals surface area contributed by atoms with Crippen molar-refractivity contribution >= 4 is 17.7 Å². The number of benzene rings is 2. The van der Waals surface area contributed by atoms with Crippen LogP contribution in [0.4, 0.5) is 8.78 Å². The summed E-state index contributed by atoms with van der Waals surface area (Å²) in [5.41, 5.74) is 1.95. The number of nitrogens with one attached hydrogen (secondary N) is 3. The fourth-order valence-corrected chi connectivity index (χ4v) is 4.34. The first-order chi connectivity index (χ1) is 18.7. The summed E-state index contributed by atoms with van der Waals surface area (Å²) < 4.78 is 31.6. The Morgan fingerprint density at radius 2 is 1.62 bits per heavy atom. The maximum absolute atomic E-state index is 13.7. The highest BCUT2D eigenvalue weighted by Gasteiger charge is 2.34. The lowest BCUT2D eigenvalue weighted by Crippen LogP contribution is -2.53. The Bertz CT molecular complexity index is 1090. The number of ether oxygens (including phenoxy) is 1. The number of halogens is 2. The van der Waals surface area contributed by atoms with Gasteiger partial charge in [-0.3, -0.25) is 14.4 Å². The van der Waals surface area contributed by atoms with Gasteiger partial charge in [0.15, 0.2) is 0 Å². The first-order valence-corrected chi connectivity index (χ1v) is 13.4. The maximum atomic E-state index is 13.7. The molecule has 2 aromatic rings. The third-order valence-corrected chi connectivity index (χ3v) is 6.80. The van der Waals surface area contributed by atoms with Crippen LogP contribution in [0.5, 0.6) is 5.75 Å². The molecule has 1 aliphatic carbocycles. The Hall–Kier alpha value is -3.53. The smallest absolute Gasteiger partial charge is 0.240 e. The third kappa shape index (κ3) is 9.94. The number of likely N-dealkylation sites (N-methyl/N-ethyl adjacent to an activating group) is 1. The van der Waals surface area contributed by atoms with Crippen LogP contribution in [0.15, 0.2) is 42.5 Å². The lowest BCUT2D eigenvalue weighted by molar-refractivity contribution is -0.138. The molecule has 8 nitrogen and oxygen atoms in total. The second-order valence-corrected chi connectivity index (χ2v) is 9.94. The van der Waals surface area contributed by atoms with Gasteiger partial charge < -0.3 is 25.6 Å². The zero-order chi connectivity index (χ0) is 28.2. The van der Waals surface area contributed by atoms with Gasteiger partial charge in [0, 0.05) is 26.2 Å². The molecule has 2 aromatic carbocycles. The zero-order valence-electron chi connectivity index (χ0n) is 22.6. The Kier molecular flexibility index (Phi) is 11.7. The minimum Gasteiger partial charge on any atom is -0.492 e. The molecule has 39 heavy (non-hydrogen) atoms. The molecule has 0 radical (unpaired) electrons. The summed E-state index contributed by atoms with van der Waals surface area (Å²) in [5, 5.41) is 8.57. The summed E-state index contributed by atoms with van der Waals surface area (Å²) in [6.07, 6.45) is 4.26. The average molecular weight is 545 g/mol. The van der Waals surface area contributed by atoms with Crippen molar-refractivity contribution in [3.8, 4) is 5.75 Å². The van der Waals surface area contributed by atoms with Crippen LogP contribution in [0, 0.1) is 24.5 Å². The lowest BCUT2D eigenvalue weighted by atomic mass is 9.79. The van der Waals surface area contributed by atoms with Crippen molar-refractivity contribution < 1.29 is 27.9 Å². The van der Waals surface area contributed by atoms with Gasteiger partial charge in [0.05, 0.1) is 19.1 Å². The van der Waals surface area contributed by atoms with E-state index in [4.69, 9.17) is 4.74 Å². The van der Waals surface area contributed by atoms with Crippen molar-refractivity contribution in [1.82, 2.24) is 20.9 Å². The number of aryl methyl sites for hydroxylation is 2. The molecule has 10 heteroatoms. The van der Waals surface area contributed by atoms with E-state index < -0.39 is 6.04 Å². The topological polar surface area (TPSA) is 99.8 Å². The highest BCUT2D eigenvalue weighted by atomic mass is 19.1. The van der Waals surface area contributed by atoms with Crippen LogP contribution >= 0.6 is 0 Å². The molecule has 212 valence electrons. The van der Waals surface area contributed by atoms with Crippen molar-refractivity contribution in [3.63, 3.8) is 0 Å². The van der Waals surface area contributed by atoms with E-state index in [0.717, 1.165) is 30.4 Å². The summed E-state index contributed by atoms with van der Waals surface area (Å²) >= 11 is 0. The molecule has 0 bridgehead atoms. The predicted octanol–water partition coefficient (Wildman–Crippen LogP) is 2.73. The number of nitrogens with zero attached hydrogens (tertiary/aromatic N) is 1. The normalized spacial score (nSPS) is 20.1. The lowest BCUT2D eigenvalue weighted by Gasteiger charge is -2.35. The Morgan fingerprint density at radius 1 is 0.897 bits per heavy atom. The maximum Gasteiger partial charge on any atom is 0.240 e. The Balaban J connectivity index is 0.000000449. The summed E-state index contributed by atoms with van der Waals surface area (Å²) in [6.45, 7) is 2.82. The summed E-state index contributed by atoms with van der Waals surface area (Å²) in [7, 11) is 1.59. The van der Waals surface area contributed by atoms with Crippen molar-refractivity contribution in [2.24, 2.45) is 5.92 Å². The molecule has 1 aliphatic heterocycles. The number of carbonyl (C=O) groups excluding carboxylic acids is 3. The van der Waals surface area contributed by atoms with E-state index >= 15 is 0 Å². The van der Waals surface area contributed by atoms with Crippen LogP contribution in [-0.4, -0.2) is 68.5 Å². The van der Waals surface area contributed by atoms with Gasteiger partial charge in [-0.15, -0.1) is 0 Å². The predicted molar refractivity (Wildman–Crippen MR) is 144 cm³/mol. The van der Waals surface area contributed by atoms with Gasteiger partial charge in [0.2, 0.25) is 17.7 Å². The number of carbonyl (C=O) groups is 3. The standard InChI is InChI=1S/C22H31FN4O4.C7H7F/c1-27-14-20(29)26-13-19(28)24-9-3-6-15-7-8-17(23)12-18(15)31-11-10-25-21(22(27)30)16-4-2-5-16;1-6-2-4-7(8)5-3-6/h7-8,12,16,21,25H,2-6,9-11,13-14H2,1H3,(H,24,28)(H,26,29);2-5H,1H3. The van der Waals surface area contributed by atoms with Gasteiger partial charge in [-0.2, -0.15) is 0 Å². The highest BCUT2D eigenvalue weighted by Crippen LogP contribution is 2.30. The summed E-state index contributed by atoms with van der Waals surface area (Å²) in [5.74, 6) is -0.675. The molecule has 3 amide bonds. The van der Waals surface area contributed by atoms with E-state index in [-0.39, 0.29) is 55.0 Å². The van der Waals surface area contributed by atoms with Crippen LogP contribution in [-0.2, 0) is 20.8 Å². The van der Waals surface area contributed by atoms with Crippen molar-refractivity contribution in [3.05, 3.63) is 65.2 Å². The molecular weight excluding hydrogens is 506 g/mol. The fraction of sp³-hybridized carbons (Fsp3) is 0.483. The molecule has 0 saturated heterocycles. The number of hydrogen-bond acceptors (Lipinski definition) is 5. The minimum atomic E-state index is -0.399. The van der Waals surface area contributed by atoms with Crippen molar-refractivity contribution in [1.29, 1.82) is 0 Å². The Morgan fingerprint density at radius 3 is 2.28 bits per heavy atom. The number of amides is 3. The quantitative estimate of drug-likeness (QED) is 0.513. The molecule has 0 aromatic heterocycles. The zero-order valence-corrected chi connectivity index (χ0v) is 22.6. The van der Waals surface area contributed by atoms with E-state index in [2.05, 4.69) is 16.0 Å². The molecular formula is C29H38F2N4O4. The highest BCUT2D eigenvalue weighted by molar-refractivity contribution is 5.89. The van der Waals surface area contributed by atoms with E-state index in [1.54, 1.807) is 25.2 Å². The van der Waals surface area contributed by atoms with Crippen LogP contribution in [0.3, 0.4) is 0 Å². The van der Waals surface area contributed by atoms with Gasteiger partial charge in [0.25, 0.3) is 0 Å². The molecule has 1 heterocycles. The molecule has 1 atom stereocenters. The molecule has 0 spiro atoms. The van der Waals surface area contributed by atoms with Crippen LogP contribution in [0.25, 0.3) is 0 Å². The van der Waals surface area contributed by atoms with Crippen LogP contribution in [0.2, 0.25) is 0 Å². The minimum absolute atomic E-state index is 0.111. The van der Waals surface area contributed by atoms with Gasteiger partial charge in [-0.05, 0) is 62.3 Å². The summed E-state index contributed by atoms with van der Waals surface area (Å²) in [4.78, 5) is 38.4. The van der Waals surface area contributed by atoms with Crippen LogP contribution < -0.4 is 20.7 Å².